The van der Waals surface area contributed by atoms with Crippen molar-refractivity contribution in [1.29, 1.82) is 0 Å². The second kappa shape index (κ2) is 12.1. The minimum Gasteiger partial charge on any atom is -0.345 e. The number of hydrogen-bond acceptors (Lipinski definition) is 7. The van der Waals surface area contributed by atoms with Crippen molar-refractivity contribution in [3.05, 3.63) is 104 Å². The van der Waals surface area contributed by atoms with E-state index in [2.05, 4.69) is 20.8 Å². The quantitative estimate of drug-likeness (QED) is 0.160. The minimum atomic E-state index is -0.511. The van der Waals surface area contributed by atoms with E-state index in [1.54, 1.807) is 13.0 Å². The second-order valence-corrected chi connectivity index (χ2v) is 10.4. The Bertz CT molecular complexity index is 1610. The molecule has 0 aliphatic heterocycles. The first-order valence-electron chi connectivity index (χ1n) is 12.6. The molecule has 40 heavy (non-hydrogen) atoms. The SMILES string of the molecule is Cc1ccc(C)c(NC(=O)CSc2nnc(CNC(=O)c3cccc([N+](=O)[O-])c3C)n2-c2cccc(C)c2C)c1. The summed E-state index contributed by atoms with van der Waals surface area (Å²) in [6.07, 6.45) is 0. The van der Waals surface area contributed by atoms with Gasteiger partial charge in [-0.25, -0.2) is 0 Å². The first kappa shape index (κ1) is 28.5. The van der Waals surface area contributed by atoms with Crippen LogP contribution in [0.3, 0.4) is 0 Å². The fourth-order valence-electron chi connectivity index (χ4n) is 4.24. The molecular formula is C29H30N6O4S. The number of nitro groups is 1. The number of aryl methyl sites for hydroxylation is 3. The Morgan fingerprint density at radius 2 is 1.70 bits per heavy atom. The van der Waals surface area contributed by atoms with Gasteiger partial charge in [-0.15, -0.1) is 10.2 Å². The Kier molecular flexibility index (Phi) is 8.64. The molecule has 11 heteroatoms. The van der Waals surface area contributed by atoms with Crippen LogP contribution in [0.25, 0.3) is 5.69 Å². The number of rotatable bonds is 9. The fraction of sp³-hybridized carbons (Fsp3) is 0.241. The predicted molar refractivity (Wildman–Crippen MR) is 155 cm³/mol. The maximum atomic E-state index is 13.0. The molecule has 10 nitrogen and oxygen atoms in total. The van der Waals surface area contributed by atoms with E-state index in [9.17, 15) is 19.7 Å². The summed E-state index contributed by atoms with van der Waals surface area (Å²) in [5.41, 5.74) is 6.07. The van der Waals surface area contributed by atoms with Gasteiger partial charge in [-0.05, 0) is 75.1 Å². The van der Waals surface area contributed by atoms with E-state index in [4.69, 9.17) is 0 Å². The predicted octanol–water partition coefficient (Wildman–Crippen LogP) is 5.38. The third-order valence-electron chi connectivity index (χ3n) is 6.67. The molecule has 4 rings (SSSR count). The van der Waals surface area contributed by atoms with Crippen LogP contribution in [0.2, 0.25) is 0 Å². The molecule has 1 aromatic heterocycles. The Morgan fingerprint density at radius 3 is 2.45 bits per heavy atom. The van der Waals surface area contributed by atoms with E-state index in [1.807, 2.05) is 68.7 Å². The van der Waals surface area contributed by atoms with E-state index >= 15 is 0 Å². The van der Waals surface area contributed by atoms with E-state index in [0.717, 1.165) is 33.6 Å². The third kappa shape index (κ3) is 6.20. The van der Waals surface area contributed by atoms with Gasteiger partial charge in [0, 0.05) is 22.9 Å². The molecule has 2 amide bonds. The second-order valence-electron chi connectivity index (χ2n) is 9.50. The van der Waals surface area contributed by atoms with Crippen molar-refractivity contribution >= 4 is 35.0 Å². The van der Waals surface area contributed by atoms with Gasteiger partial charge in [0.15, 0.2) is 11.0 Å². The van der Waals surface area contributed by atoms with E-state index in [1.165, 1.54) is 23.9 Å². The largest absolute Gasteiger partial charge is 0.345 e. The van der Waals surface area contributed by atoms with Crippen LogP contribution in [0, 0.1) is 44.7 Å². The zero-order valence-electron chi connectivity index (χ0n) is 22.9. The molecule has 3 aromatic carbocycles. The Balaban J connectivity index is 1.58. The zero-order chi connectivity index (χ0) is 29.0. The lowest BCUT2D eigenvalue weighted by atomic mass is 10.1. The molecule has 0 spiro atoms. The van der Waals surface area contributed by atoms with Crippen molar-refractivity contribution < 1.29 is 14.5 Å². The molecule has 1 heterocycles. The molecule has 0 saturated heterocycles. The zero-order valence-corrected chi connectivity index (χ0v) is 23.8. The number of thioether (sulfide) groups is 1. The molecule has 4 aromatic rings. The number of nitrogens with one attached hydrogen (secondary N) is 2. The summed E-state index contributed by atoms with van der Waals surface area (Å²) in [6.45, 7) is 9.47. The highest BCUT2D eigenvalue weighted by Gasteiger charge is 2.21. The van der Waals surface area contributed by atoms with Crippen molar-refractivity contribution in [2.24, 2.45) is 0 Å². The van der Waals surface area contributed by atoms with Gasteiger partial charge in [-0.2, -0.15) is 0 Å². The summed E-state index contributed by atoms with van der Waals surface area (Å²) < 4.78 is 1.83. The van der Waals surface area contributed by atoms with Crippen molar-refractivity contribution in [2.75, 3.05) is 11.1 Å². The summed E-state index contributed by atoms with van der Waals surface area (Å²) in [6, 6.07) is 16.1. The topological polar surface area (TPSA) is 132 Å². The maximum Gasteiger partial charge on any atom is 0.273 e. The summed E-state index contributed by atoms with van der Waals surface area (Å²) >= 11 is 1.24. The van der Waals surface area contributed by atoms with Crippen LogP contribution in [-0.2, 0) is 11.3 Å². The van der Waals surface area contributed by atoms with Crippen LogP contribution in [0.1, 0.15) is 44.0 Å². The fourth-order valence-corrected chi connectivity index (χ4v) is 5.00. The van der Waals surface area contributed by atoms with Gasteiger partial charge in [-0.3, -0.25) is 24.3 Å². The van der Waals surface area contributed by atoms with Gasteiger partial charge >= 0.3 is 0 Å². The first-order chi connectivity index (χ1) is 19.1. The molecule has 0 saturated carbocycles. The number of benzene rings is 3. The highest BCUT2D eigenvalue weighted by molar-refractivity contribution is 7.99. The first-order valence-corrected chi connectivity index (χ1v) is 13.6. The minimum absolute atomic E-state index is 0.0244. The van der Waals surface area contributed by atoms with Crippen molar-refractivity contribution in [1.82, 2.24) is 20.1 Å². The summed E-state index contributed by atoms with van der Waals surface area (Å²) in [7, 11) is 0. The number of amides is 2. The number of aromatic nitrogens is 3. The number of anilines is 1. The molecular weight excluding hydrogens is 528 g/mol. The molecule has 2 N–H and O–H groups in total. The van der Waals surface area contributed by atoms with Crippen molar-refractivity contribution in [3.8, 4) is 5.69 Å². The van der Waals surface area contributed by atoms with Gasteiger partial charge in [0.1, 0.15) is 0 Å². The Labute approximate surface area is 236 Å². The standard InChI is InChI=1S/C29H30N6O4S/c1-17-12-13-19(3)23(14-17)31-27(36)16-40-29-33-32-26(34(29)24-10-6-8-18(2)20(24)4)15-30-28(37)22-9-7-11-25(21(22)5)35(38)39/h6-14H,15-16H2,1-5H3,(H,30,37)(H,31,36). The third-order valence-corrected chi connectivity index (χ3v) is 7.60. The van der Waals surface area contributed by atoms with Crippen LogP contribution in [0.5, 0.6) is 0 Å². The molecule has 0 atom stereocenters. The van der Waals surface area contributed by atoms with Crippen molar-refractivity contribution in [2.45, 2.75) is 46.3 Å². The number of nitrogens with zero attached hydrogens (tertiary/aromatic N) is 4. The molecule has 0 aliphatic rings. The number of carbonyl (C=O) groups is 2. The highest BCUT2D eigenvalue weighted by Crippen LogP contribution is 2.27. The van der Waals surface area contributed by atoms with Crippen LogP contribution in [0.4, 0.5) is 11.4 Å². The molecule has 0 fully saturated rings. The Morgan fingerprint density at radius 1 is 0.950 bits per heavy atom. The Hall–Kier alpha value is -4.51. The molecule has 0 radical (unpaired) electrons. The normalized spacial score (nSPS) is 10.8. The van der Waals surface area contributed by atoms with Gasteiger partial charge in [-0.1, -0.05) is 42.1 Å². The lowest BCUT2D eigenvalue weighted by molar-refractivity contribution is -0.385. The van der Waals surface area contributed by atoms with Crippen molar-refractivity contribution in [3.63, 3.8) is 0 Å². The van der Waals surface area contributed by atoms with Crippen LogP contribution in [-0.4, -0.2) is 37.3 Å². The summed E-state index contributed by atoms with van der Waals surface area (Å²) in [5.74, 6) is -0.0677. The van der Waals surface area contributed by atoms with Gasteiger partial charge in [0.2, 0.25) is 5.91 Å². The van der Waals surface area contributed by atoms with E-state index < -0.39 is 10.8 Å². The summed E-state index contributed by atoms with van der Waals surface area (Å²) in [5, 5.41) is 26.2. The maximum absolute atomic E-state index is 13.0. The smallest absolute Gasteiger partial charge is 0.273 e. The van der Waals surface area contributed by atoms with Crippen LogP contribution >= 0.6 is 11.8 Å². The molecule has 0 bridgehead atoms. The molecule has 0 aliphatic carbocycles. The lowest BCUT2D eigenvalue weighted by Gasteiger charge is -2.15. The molecule has 206 valence electrons. The average molecular weight is 559 g/mol. The number of hydrogen-bond donors (Lipinski definition) is 2. The number of nitro benzene ring substituents is 1. The van der Waals surface area contributed by atoms with Gasteiger partial charge in [0.25, 0.3) is 11.6 Å². The van der Waals surface area contributed by atoms with Crippen LogP contribution < -0.4 is 10.6 Å². The van der Waals surface area contributed by atoms with E-state index in [-0.39, 0.29) is 35.0 Å². The van der Waals surface area contributed by atoms with Gasteiger partial charge < -0.3 is 10.6 Å². The van der Waals surface area contributed by atoms with Crippen LogP contribution in [0.15, 0.2) is 59.8 Å². The molecule has 0 unspecified atom stereocenters. The summed E-state index contributed by atoms with van der Waals surface area (Å²) in [4.78, 5) is 36.6. The van der Waals surface area contributed by atoms with Gasteiger partial charge in [0.05, 0.1) is 22.9 Å². The number of carbonyl (C=O) groups excluding carboxylic acids is 2. The average Bonchev–Trinajstić information content (AvgIpc) is 3.32. The lowest BCUT2D eigenvalue weighted by Crippen LogP contribution is -2.25. The monoisotopic (exact) mass is 558 g/mol. The highest BCUT2D eigenvalue weighted by atomic mass is 32.2. The van der Waals surface area contributed by atoms with E-state index in [0.29, 0.717) is 11.0 Å².